The van der Waals surface area contributed by atoms with Crippen LogP contribution >= 0.6 is 11.8 Å². The molecule has 2 atom stereocenters. The maximum absolute atomic E-state index is 14.2. The average molecular weight is 717 g/mol. The number of hydrogen-bond donors (Lipinski definition) is 6. The molecule has 0 fully saturated rings. The zero-order valence-electron chi connectivity index (χ0n) is 29.9. The second kappa shape index (κ2) is 18.2. The molecule has 2 aliphatic heterocycles. The molecule has 1 aromatic carbocycles. The number of nitrogens with one attached hydrogen (secondary N) is 4. The molecular formula is C37H52N10O3S. The fourth-order valence-electron chi connectivity index (χ4n) is 6.47. The van der Waals surface area contributed by atoms with E-state index >= 15 is 0 Å². The summed E-state index contributed by atoms with van der Waals surface area (Å²) in [5, 5.41) is 11.5. The summed E-state index contributed by atoms with van der Waals surface area (Å²) in [5.74, 6) is -0.213. The first kappa shape index (κ1) is 37.9. The van der Waals surface area contributed by atoms with E-state index in [0.717, 1.165) is 69.3 Å². The molecule has 0 bridgehead atoms. The van der Waals surface area contributed by atoms with Crippen LogP contribution in [-0.4, -0.2) is 110 Å². The molecule has 13 nitrogen and oxygen atoms in total. The highest BCUT2D eigenvalue weighted by Gasteiger charge is 2.30. The van der Waals surface area contributed by atoms with Crippen molar-refractivity contribution in [3.63, 3.8) is 0 Å². The highest BCUT2D eigenvalue weighted by Crippen LogP contribution is 2.38. The van der Waals surface area contributed by atoms with E-state index in [1.54, 1.807) is 25.0 Å². The number of benzene rings is 1. The smallest absolute Gasteiger partial charge is 0.243 e. The Morgan fingerprint density at radius 2 is 1.76 bits per heavy atom. The summed E-state index contributed by atoms with van der Waals surface area (Å²) in [6, 6.07) is 8.45. The predicted octanol–water partition coefficient (Wildman–Crippen LogP) is 2.06. The van der Waals surface area contributed by atoms with Crippen molar-refractivity contribution in [2.45, 2.75) is 55.6 Å². The first-order chi connectivity index (χ1) is 24.7. The Hall–Kier alpha value is -4.37. The number of para-hydroxylation sites is 1. The molecule has 274 valence electrons. The highest BCUT2D eigenvalue weighted by molar-refractivity contribution is 8.03. The van der Waals surface area contributed by atoms with Gasteiger partial charge in [0.1, 0.15) is 11.9 Å². The third-order valence-corrected chi connectivity index (χ3v) is 10.7. The Morgan fingerprint density at radius 1 is 0.980 bits per heavy atom. The van der Waals surface area contributed by atoms with Crippen LogP contribution in [0.1, 0.15) is 36.8 Å². The number of unbranched alkanes of at least 4 members (excludes halogenated alkanes) is 1. The first-order valence-corrected chi connectivity index (χ1v) is 18.5. The third kappa shape index (κ3) is 9.50. The summed E-state index contributed by atoms with van der Waals surface area (Å²) in [7, 11) is 5.49. The van der Waals surface area contributed by atoms with Gasteiger partial charge in [-0.25, -0.2) is 4.98 Å². The number of nitrogens with zero attached hydrogens (tertiary/aromatic N) is 4. The molecule has 3 amide bonds. The quantitative estimate of drug-likeness (QED) is 0.170. The number of likely N-dealkylation sites (N-methyl/N-ethyl adjacent to an activating group) is 1. The van der Waals surface area contributed by atoms with Gasteiger partial charge in [0.05, 0.1) is 17.6 Å². The van der Waals surface area contributed by atoms with Crippen LogP contribution in [0, 0.1) is 0 Å². The Morgan fingerprint density at radius 3 is 2.55 bits per heavy atom. The van der Waals surface area contributed by atoms with E-state index < -0.39 is 12.1 Å². The van der Waals surface area contributed by atoms with Crippen LogP contribution in [0.4, 0.5) is 5.82 Å². The van der Waals surface area contributed by atoms with E-state index in [1.165, 1.54) is 4.90 Å². The minimum atomic E-state index is -0.845. The van der Waals surface area contributed by atoms with Gasteiger partial charge in [0, 0.05) is 87.5 Å². The maximum atomic E-state index is 14.2. The van der Waals surface area contributed by atoms with Gasteiger partial charge in [-0.2, -0.15) is 0 Å². The van der Waals surface area contributed by atoms with Gasteiger partial charge in [-0.15, -0.1) is 0 Å². The zero-order chi connectivity index (χ0) is 36.3. The number of H-pyrrole nitrogens is 1. The average Bonchev–Trinajstić information content (AvgIpc) is 3.54. The topological polar surface area (TPSA) is 178 Å². The van der Waals surface area contributed by atoms with Crippen LogP contribution in [-0.2, 0) is 27.3 Å². The lowest BCUT2D eigenvalue weighted by atomic mass is 10.0. The predicted molar refractivity (Wildman–Crippen MR) is 204 cm³/mol. The zero-order valence-corrected chi connectivity index (χ0v) is 30.7. The van der Waals surface area contributed by atoms with E-state index in [1.807, 2.05) is 55.5 Å². The summed E-state index contributed by atoms with van der Waals surface area (Å²) in [6.45, 7) is 3.03. The number of carbonyl (C=O) groups excluding carboxylic acids is 3. The molecule has 3 aromatic rings. The number of anilines is 1. The molecule has 2 aromatic heterocycles. The second-order valence-electron chi connectivity index (χ2n) is 13.2. The summed E-state index contributed by atoms with van der Waals surface area (Å²) in [4.78, 5) is 56.2. The normalized spacial score (nSPS) is 19.4. The standard InChI is InChI=1S/C37H52N10O3S/c1-45(2)34-28-23-43-36(50)31(20-26-22-41-29-12-5-4-11-27(26)29)46(3)33(48)24-44-35(49)30(13-8-16-39)42-21-25-10-9-19-47(18-7-6-15-38)37(25)51-32(28)14-17-40-34/h4-5,9-12,14,17,22,30-31,41-42H,6-8,13,15-16,18-21,23-24,38-39H2,1-3H3,(H,43,50)(H,44,49)/t30-,31-/m0/s1. The highest BCUT2D eigenvalue weighted by atomic mass is 32.2. The lowest BCUT2D eigenvalue weighted by Gasteiger charge is -2.32. The molecular weight excluding hydrogens is 665 g/mol. The van der Waals surface area contributed by atoms with Gasteiger partial charge >= 0.3 is 0 Å². The molecule has 14 heteroatoms. The maximum Gasteiger partial charge on any atom is 0.243 e. The van der Waals surface area contributed by atoms with Crippen molar-refractivity contribution in [2.24, 2.45) is 11.5 Å². The molecule has 0 saturated heterocycles. The van der Waals surface area contributed by atoms with Gasteiger partial charge in [0.15, 0.2) is 0 Å². The molecule has 8 N–H and O–H groups in total. The Bertz CT molecular complexity index is 1740. The minimum Gasteiger partial charge on any atom is -0.362 e. The van der Waals surface area contributed by atoms with Crippen LogP contribution < -0.4 is 32.3 Å². The van der Waals surface area contributed by atoms with Gasteiger partial charge in [-0.3, -0.25) is 14.4 Å². The molecule has 0 radical (unpaired) electrons. The Labute approximate surface area is 304 Å². The molecule has 51 heavy (non-hydrogen) atoms. The molecule has 4 heterocycles. The van der Waals surface area contributed by atoms with Crippen LogP contribution in [0.25, 0.3) is 10.9 Å². The number of aromatic amines is 1. The van der Waals surface area contributed by atoms with E-state index in [-0.39, 0.29) is 37.2 Å². The molecule has 0 spiro atoms. The molecule has 2 aliphatic rings. The number of pyridine rings is 1. The van der Waals surface area contributed by atoms with Crippen molar-refractivity contribution in [2.75, 3.05) is 65.3 Å². The number of fused-ring (bicyclic) bond motifs is 2. The van der Waals surface area contributed by atoms with Crippen molar-refractivity contribution in [3.8, 4) is 0 Å². The monoisotopic (exact) mass is 716 g/mol. The number of amides is 3. The van der Waals surface area contributed by atoms with Gasteiger partial charge in [0.2, 0.25) is 17.7 Å². The summed E-state index contributed by atoms with van der Waals surface area (Å²) in [5.41, 5.74) is 15.5. The van der Waals surface area contributed by atoms with Crippen LogP contribution in [0.15, 0.2) is 70.4 Å². The lowest BCUT2D eigenvalue weighted by molar-refractivity contribution is -0.139. The Kier molecular flexibility index (Phi) is 13.5. The Balaban J connectivity index is 1.56. The van der Waals surface area contributed by atoms with E-state index in [4.69, 9.17) is 16.5 Å². The van der Waals surface area contributed by atoms with E-state index in [0.29, 0.717) is 32.5 Å². The van der Waals surface area contributed by atoms with Crippen molar-refractivity contribution < 1.29 is 14.4 Å². The lowest BCUT2D eigenvalue weighted by Crippen LogP contribution is -2.53. The van der Waals surface area contributed by atoms with Gasteiger partial charge in [-0.1, -0.05) is 42.1 Å². The van der Waals surface area contributed by atoms with Crippen LogP contribution in [0.2, 0.25) is 0 Å². The molecule has 0 unspecified atom stereocenters. The molecule has 0 aliphatic carbocycles. The first-order valence-electron chi connectivity index (χ1n) is 17.7. The van der Waals surface area contributed by atoms with E-state index in [2.05, 4.69) is 38.0 Å². The SMILES string of the molecule is CN(C)c1nccc2c1CNC(=O)[C@H](Cc1c[nH]c3ccccc13)N(C)C(=O)CNC(=O)[C@H](CCCN)NCC1=C(S2)N(CCCCN)CC=C1. The summed E-state index contributed by atoms with van der Waals surface area (Å²) in [6.07, 6.45) is 11.2. The largest absolute Gasteiger partial charge is 0.362 e. The third-order valence-electron chi connectivity index (χ3n) is 9.37. The van der Waals surface area contributed by atoms with Crippen LogP contribution in [0.3, 0.4) is 0 Å². The van der Waals surface area contributed by atoms with Gasteiger partial charge < -0.3 is 47.1 Å². The van der Waals surface area contributed by atoms with Crippen LogP contribution in [0.5, 0.6) is 0 Å². The minimum absolute atomic E-state index is 0.205. The summed E-state index contributed by atoms with van der Waals surface area (Å²) >= 11 is 1.64. The number of thioether (sulfide) groups is 1. The van der Waals surface area contributed by atoms with Crippen molar-refractivity contribution in [1.29, 1.82) is 0 Å². The van der Waals surface area contributed by atoms with Crippen molar-refractivity contribution >= 4 is 46.2 Å². The van der Waals surface area contributed by atoms with Gasteiger partial charge in [-0.05, 0) is 62.0 Å². The number of nitrogens with two attached hydrogens (primary N) is 2. The number of carbonyl (C=O) groups is 3. The fraction of sp³-hybridized carbons (Fsp3) is 0.459. The summed E-state index contributed by atoms with van der Waals surface area (Å²) < 4.78 is 0. The molecule has 0 saturated carbocycles. The second-order valence-corrected chi connectivity index (χ2v) is 14.2. The number of rotatable bonds is 10. The number of aromatic nitrogens is 2. The van der Waals surface area contributed by atoms with E-state index in [9.17, 15) is 14.4 Å². The van der Waals surface area contributed by atoms with Crippen molar-refractivity contribution in [3.05, 3.63) is 76.6 Å². The van der Waals surface area contributed by atoms with Gasteiger partial charge in [0.25, 0.3) is 0 Å². The molecule has 5 rings (SSSR count). The fourth-order valence-corrected chi connectivity index (χ4v) is 7.66. The number of hydrogen-bond acceptors (Lipinski definition) is 10. The van der Waals surface area contributed by atoms with Crippen molar-refractivity contribution in [1.82, 2.24) is 35.7 Å².